The monoisotopic (exact) mass is 276 g/mol. The zero-order chi connectivity index (χ0) is 15.0. The van der Waals surface area contributed by atoms with Crippen molar-refractivity contribution in [2.24, 2.45) is 11.3 Å². The molecule has 0 aromatic heterocycles. The van der Waals surface area contributed by atoms with Gasteiger partial charge in [-0.25, -0.2) is 0 Å². The Labute approximate surface area is 125 Å². The number of rotatable bonds is 7. The van der Waals surface area contributed by atoms with E-state index >= 15 is 0 Å². The zero-order valence-corrected chi connectivity index (χ0v) is 13.6. The fraction of sp³-hybridized carbons (Fsp3) is 0.684. The highest BCUT2D eigenvalue weighted by molar-refractivity contribution is 5.08. The second-order valence-corrected chi connectivity index (χ2v) is 6.76. The topological polar surface area (TPSA) is 20.2 Å². The zero-order valence-electron chi connectivity index (χ0n) is 13.6. The molecule has 1 aliphatic carbocycles. The summed E-state index contributed by atoms with van der Waals surface area (Å²) in [6.07, 6.45) is 16.5. The van der Waals surface area contributed by atoms with Gasteiger partial charge in [-0.3, -0.25) is 0 Å². The van der Waals surface area contributed by atoms with E-state index in [1.807, 2.05) is 12.2 Å². The molecular formula is C19H32O. The molecule has 1 heteroatoms. The van der Waals surface area contributed by atoms with Crippen LogP contribution in [0.15, 0.2) is 36.5 Å². The summed E-state index contributed by atoms with van der Waals surface area (Å²) in [7, 11) is 0. The molecule has 1 saturated carbocycles. The summed E-state index contributed by atoms with van der Waals surface area (Å²) in [5, 5.41) is 10.5. The lowest BCUT2D eigenvalue weighted by Crippen LogP contribution is -2.28. The Hall–Kier alpha value is -0.820. The number of aliphatic hydroxyl groups is 1. The van der Waals surface area contributed by atoms with Gasteiger partial charge in [0, 0.05) is 5.41 Å². The van der Waals surface area contributed by atoms with Gasteiger partial charge >= 0.3 is 0 Å². The van der Waals surface area contributed by atoms with Crippen LogP contribution in [0, 0.1) is 11.3 Å². The average molecular weight is 276 g/mol. The second-order valence-electron chi connectivity index (χ2n) is 6.76. The summed E-state index contributed by atoms with van der Waals surface area (Å²) in [6, 6.07) is 0. The van der Waals surface area contributed by atoms with Crippen molar-refractivity contribution in [3.05, 3.63) is 36.5 Å². The summed E-state index contributed by atoms with van der Waals surface area (Å²) >= 11 is 0. The molecule has 1 aliphatic rings. The maximum atomic E-state index is 10.5. The van der Waals surface area contributed by atoms with Gasteiger partial charge in [0.25, 0.3) is 0 Å². The molecule has 0 aliphatic heterocycles. The first kappa shape index (κ1) is 17.2. The normalized spacial score (nSPS) is 21.4. The molecule has 1 nitrogen and oxygen atoms in total. The van der Waals surface area contributed by atoms with Gasteiger partial charge in [-0.2, -0.15) is 0 Å². The van der Waals surface area contributed by atoms with Crippen LogP contribution in [0.5, 0.6) is 0 Å². The quantitative estimate of drug-likeness (QED) is 0.615. The van der Waals surface area contributed by atoms with E-state index in [9.17, 15) is 5.11 Å². The molecule has 0 radical (unpaired) electrons. The third-order valence-electron chi connectivity index (χ3n) is 4.59. The van der Waals surface area contributed by atoms with E-state index in [2.05, 4.69) is 39.5 Å². The first-order chi connectivity index (χ1) is 9.48. The fourth-order valence-electron chi connectivity index (χ4n) is 2.85. The van der Waals surface area contributed by atoms with Crippen LogP contribution in [0.1, 0.15) is 65.7 Å². The van der Waals surface area contributed by atoms with Crippen LogP contribution in [-0.4, -0.2) is 11.2 Å². The average Bonchev–Trinajstić information content (AvgIpc) is 2.45. The summed E-state index contributed by atoms with van der Waals surface area (Å²) in [5.74, 6) is 0.672. The number of aliphatic hydroxyl groups excluding tert-OH is 1. The molecule has 0 aromatic rings. The van der Waals surface area contributed by atoms with E-state index in [-0.39, 0.29) is 5.41 Å². The van der Waals surface area contributed by atoms with Gasteiger partial charge in [0.1, 0.15) is 0 Å². The van der Waals surface area contributed by atoms with E-state index in [4.69, 9.17) is 0 Å². The molecule has 0 aromatic carbocycles. The van der Waals surface area contributed by atoms with Crippen molar-refractivity contribution in [2.75, 3.05) is 0 Å². The molecule has 0 heterocycles. The molecule has 1 N–H and O–H groups in total. The first-order valence-corrected chi connectivity index (χ1v) is 8.11. The van der Waals surface area contributed by atoms with Gasteiger partial charge in [0.05, 0.1) is 6.10 Å². The molecule has 0 saturated heterocycles. The van der Waals surface area contributed by atoms with Crippen LogP contribution in [0.4, 0.5) is 0 Å². The molecule has 0 unspecified atom stereocenters. The maximum Gasteiger partial charge on any atom is 0.0808 e. The Morgan fingerprint density at radius 2 is 1.95 bits per heavy atom. The Morgan fingerprint density at radius 1 is 1.30 bits per heavy atom. The Morgan fingerprint density at radius 3 is 2.50 bits per heavy atom. The van der Waals surface area contributed by atoms with Crippen LogP contribution >= 0.6 is 0 Å². The lowest BCUT2D eigenvalue weighted by atomic mass is 9.79. The molecule has 20 heavy (non-hydrogen) atoms. The van der Waals surface area contributed by atoms with Gasteiger partial charge in [-0.15, -0.1) is 6.58 Å². The van der Waals surface area contributed by atoms with E-state index in [1.54, 1.807) is 0 Å². The third-order valence-corrected chi connectivity index (χ3v) is 4.59. The summed E-state index contributed by atoms with van der Waals surface area (Å²) in [6.45, 7) is 10.3. The number of hydrogen-bond acceptors (Lipinski definition) is 1. The molecule has 0 bridgehead atoms. The van der Waals surface area contributed by atoms with Crippen molar-refractivity contribution in [1.29, 1.82) is 0 Å². The van der Waals surface area contributed by atoms with E-state index in [1.165, 1.54) is 37.7 Å². The SMILES string of the molecule is C=C[C@@](C)(CCC=C(C)C)[C@@H](O)/C=C/C1CCCCC1. The van der Waals surface area contributed by atoms with Crippen molar-refractivity contribution in [1.82, 2.24) is 0 Å². The van der Waals surface area contributed by atoms with Gasteiger partial charge in [0.2, 0.25) is 0 Å². The Bertz CT molecular complexity index is 343. The highest BCUT2D eigenvalue weighted by atomic mass is 16.3. The minimum atomic E-state index is -0.424. The summed E-state index contributed by atoms with van der Waals surface area (Å²) in [5.41, 5.74) is 1.11. The Balaban J connectivity index is 2.55. The number of allylic oxidation sites excluding steroid dienone is 3. The highest BCUT2D eigenvalue weighted by Crippen LogP contribution is 2.32. The minimum Gasteiger partial charge on any atom is -0.388 e. The van der Waals surface area contributed by atoms with Crippen molar-refractivity contribution >= 4 is 0 Å². The van der Waals surface area contributed by atoms with Gasteiger partial charge in [0.15, 0.2) is 0 Å². The molecule has 114 valence electrons. The smallest absolute Gasteiger partial charge is 0.0808 e. The van der Waals surface area contributed by atoms with E-state index in [0.29, 0.717) is 5.92 Å². The van der Waals surface area contributed by atoms with E-state index < -0.39 is 6.10 Å². The van der Waals surface area contributed by atoms with Crippen LogP contribution in [0.25, 0.3) is 0 Å². The lowest BCUT2D eigenvalue weighted by Gasteiger charge is -2.30. The molecular weight excluding hydrogens is 244 g/mol. The third kappa shape index (κ3) is 5.66. The molecule has 1 rings (SSSR count). The second kappa shape index (κ2) is 8.46. The van der Waals surface area contributed by atoms with Crippen LogP contribution in [0.3, 0.4) is 0 Å². The van der Waals surface area contributed by atoms with Crippen LogP contribution in [-0.2, 0) is 0 Å². The molecule has 1 fully saturated rings. The van der Waals surface area contributed by atoms with Crippen molar-refractivity contribution in [2.45, 2.75) is 71.8 Å². The molecule has 2 atom stereocenters. The lowest BCUT2D eigenvalue weighted by molar-refractivity contribution is 0.106. The predicted molar refractivity (Wildman–Crippen MR) is 88.7 cm³/mol. The summed E-state index contributed by atoms with van der Waals surface area (Å²) < 4.78 is 0. The maximum absolute atomic E-state index is 10.5. The summed E-state index contributed by atoms with van der Waals surface area (Å²) in [4.78, 5) is 0. The highest BCUT2D eigenvalue weighted by Gasteiger charge is 2.27. The molecule has 0 amide bonds. The van der Waals surface area contributed by atoms with E-state index in [0.717, 1.165) is 12.8 Å². The fourth-order valence-corrected chi connectivity index (χ4v) is 2.85. The van der Waals surface area contributed by atoms with Crippen LogP contribution in [0.2, 0.25) is 0 Å². The van der Waals surface area contributed by atoms with Crippen molar-refractivity contribution < 1.29 is 5.11 Å². The largest absolute Gasteiger partial charge is 0.388 e. The predicted octanol–water partition coefficient (Wildman–Crippen LogP) is 5.42. The first-order valence-electron chi connectivity index (χ1n) is 8.11. The van der Waals surface area contributed by atoms with Gasteiger partial charge in [-0.1, -0.05) is 56.1 Å². The van der Waals surface area contributed by atoms with Crippen molar-refractivity contribution in [3.63, 3.8) is 0 Å². The van der Waals surface area contributed by atoms with Gasteiger partial charge in [-0.05, 0) is 45.4 Å². The standard InChI is InChI=1S/C19H32O/c1-5-19(4,15-9-10-16(2)3)18(20)14-13-17-11-7-6-8-12-17/h5,10,13-14,17-18,20H,1,6-9,11-12,15H2,2-4H3/b14-13+/t18-,19-/m0/s1. The minimum absolute atomic E-state index is 0.225. The Kier molecular flexibility index (Phi) is 7.29. The van der Waals surface area contributed by atoms with Crippen LogP contribution < -0.4 is 0 Å². The van der Waals surface area contributed by atoms with Crippen molar-refractivity contribution in [3.8, 4) is 0 Å². The number of hydrogen-bond donors (Lipinski definition) is 1. The molecule has 0 spiro atoms. The van der Waals surface area contributed by atoms with Gasteiger partial charge < -0.3 is 5.11 Å².